The number of nitrogens with two attached hydrogens (primary N) is 1. The first-order valence-electron chi connectivity index (χ1n) is 9.22. The van der Waals surface area contributed by atoms with Crippen LogP contribution in [0.15, 0.2) is 0 Å². The van der Waals surface area contributed by atoms with Gasteiger partial charge in [0.1, 0.15) is 0 Å². The topological polar surface area (TPSA) is 46.3 Å². The zero-order valence-corrected chi connectivity index (χ0v) is 13.6. The van der Waals surface area contributed by atoms with Gasteiger partial charge in [0, 0.05) is 19.0 Å². The van der Waals surface area contributed by atoms with E-state index in [1.165, 1.54) is 44.9 Å². The zero-order chi connectivity index (χ0) is 14.8. The molecule has 2 N–H and O–H groups in total. The fourth-order valence-corrected chi connectivity index (χ4v) is 5.44. The lowest BCUT2D eigenvalue weighted by atomic mass is 9.82. The molecule has 0 aromatic carbocycles. The maximum atomic E-state index is 12.9. The van der Waals surface area contributed by atoms with Crippen molar-refractivity contribution in [1.82, 2.24) is 4.90 Å². The molecule has 3 nitrogen and oxygen atoms in total. The number of carbonyl (C=O) groups is 1. The molecule has 0 aromatic rings. The van der Waals surface area contributed by atoms with Crippen LogP contribution in [-0.4, -0.2) is 29.9 Å². The first kappa shape index (κ1) is 15.3. The molecule has 3 aliphatic rings. The Morgan fingerprint density at radius 3 is 2.52 bits per heavy atom. The quantitative estimate of drug-likeness (QED) is 0.846. The molecule has 3 aliphatic carbocycles. The number of hydrogen-bond acceptors (Lipinski definition) is 2. The Morgan fingerprint density at radius 1 is 1.10 bits per heavy atom. The molecule has 5 unspecified atom stereocenters. The lowest BCUT2D eigenvalue weighted by Gasteiger charge is -2.40. The van der Waals surface area contributed by atoms with Crippen molar-refractivity contribution in [1.29, 1.82) is 0 Å². The summed E-state index contributed by atoms with van der Waals surface area (Å²) in [5, 5.41) is 0. The number of hydrogen-bond donors (Lipinski definition) is 1. The van der Waals surface area contributed by atoms with E-state index < -0.39 is 0 Å². The standard InChI is InChI=1S/C18H32N2O/c1-2-20(17-6-4-3-5-15(17)12-19)18(21)11-16-10-13-7-8-14(16)9-13/h13-17H,2-12,19H2,1H3. The van der Waals surface area contributed by atoms with Gasteiger partial charge in [-0.15, -0.1) is 0 Å². The second kappa shape index (κ2) is 6.68. The van der Waals surface area contributed by atoms with Gasteiger partial charge in [-0.05, 0) is 69.2 Å². The van der Waals surface area contributed by atoms with Gasteiger partial charge in [0.25, 0.3) is 0 Å². The van der Waals surface area contributed by atoms with Crippen molar-refractivity contribution in [3.63, 3.8) is 0 Å². The molecule has 0 aliphatic heterocycles. The Balaban J connectivity index is 1.60. The summed E-state index contributed by atoms with van der Waals surface area (Å²) in [6.07, 6.45) is 11.3. The van der Waals surface area contributed by atoms with E-state index in [-0.39, 0.29) is 0 Å². The lowest BCUT2D eigenvalue weighted by molar-refractivity contribution is -0.136. The SMILES string of the molecule is CCN(C(=O)CC1CC2CCC1C2)C1CCCCC1CN. The Labute approximate surface area is 129 Å². The maximum Gasteiger partial charge on any atom is 0.223 e. The molecule has 21 heavy (non-hydrogen) atoms. The Kier molecular flexibility index (Phi) is 4.88. The van der Waals surface area contributed by atoms with Gasteiger partial charge < -0.3 is 10.6 Å². The van der Waals surface area contributed by atoms with Gasteiger partial charge in [-0.25, -0.2) is 0 Å². The average molecular weight is 292 g/mol. The van der Waals surface area contributed by atoms with E-state index in [4.69, 9.17) is 5.73 Å². The first-order chi connectivity index (χ1) is 10.2. The van der Waals surface area contributed by atoms with Gasteiger partial charge in [-0.3, -0.25) is 4.79 Å². The Morgan fingerprint density at radius 2 is 1.90 bits per heavy atom. The molecular formula is C18H32N2O. The van der Waals surface area contributed by atoms with E-state index >= 15 is 0 Å². The van der Waals surface area contributed by atoms with Crippen molar-refractivity contribution in [2.45, 2.75) is 70.8 Å². The van der Waals surface area contributed by atoms with Crippen LogP contribution in [-0.2, 0) is 4.79 Å². The maximum absolute atomic E-state index is 12.9. The van der Waals surface area contributed by atoms with Crippen LogP contribution < -0.4 is 5.73 Å². The van der Waals surface area contributed by atoms with Crippen LogP contribution in [0.1, 0.15) is 64.7 Å². The summed E-state index contributed by atoms with van der Waals surface area (Å²) in [5.41, 5.74) is 5.96. The molecule has 0 heterocycles. The molecule has 3 fully saturated rings. The molecule has 0 aromatic heterocycles. The van der Waals surface area contributed by atoms with Gasteiger partial charge in [0.2, 0.25) is 5.91 Å². The molecule has 2 bridgehead atoms. The molecule has 0 spiro atoms. The van der Waals surface area contributed by atoms with E-state index in [0.717, 1.165) is 37.8 Å². The van der Waals surface area contributed by atoms with Crippen molar-refractivity contribution in [3.05, 3.63) is 0 Å². The summed E-state index contributed by atoms with van der Waals surface area (Å²) in [7, 11) is 0. The molecule has 0 saturated heterocycles. The third kappa shape index (κ3) is 3.13. The van der Waals surface area contributed by atoms with Gasteiger partial charge in [-0.2, -0.15) is 0 Å². The summed E-state index contributed by atoms with van der Waals surface area (Å²) in [6.45, 7) is 3.74. The average Bonchev–Trinajstić information content (AvgIpc) is 3.11. The minimum atomic E-state index is 0.417. The molecular weight excluding hydrogens is 260 g/mol. The molecule has 5 atom stereocenters. The highest BCUT2D eigenvalue weighted by molar-refractivity contribution is 5.77. The highest BCUT2D eigenvalue weighted by Gasteiger charge is 2.41. The molecule has 3 heteroatoms. The van der Waals surface area contributed by atoms with Gasteiger partial charge >= 0.3 is 0 Å². The number of nitrogens with zero attached hydrogens (tertiary/aromatic N) is 1. The van der Waals surface area contributed by atoms with Gasteiger partial charge in [0.15, 0.2) is 0 Å². The van der Waals surface area contributed by atoms with Crippen molar-refractivity contribution in [3.8, 4) is 0 Å². The number of carbonyl (C=O) groups excluding carboxylic acids is 1. The zero-order valence-electron chi connectivity index (χ0n) is 13.6. The second-order valence-corrected chi connectivity index (χ2v) is 7.67. The Bertz CT molecular complexity index is 370. The number of rotatable bonds is 5. The number of fused-ring (bicyclic) bond motifs is 2. The monoisotopic (exact) mass is 292 g/mol. The molecule has 3 rings (SSSR count). The van der Waals surface area contributed by atoms with Crippen LogP contribution in [0.4, 0.5) is 0 Å². The van der Waals surface area contributed by atoms with Crippen molar-refractivity contribution < 1.29 is 4.79 Å². The van der Waals surface area contributed by atoms with Crippen molar-refractivity contribution >= 4 is 5.91 Å². The highest BCUT2D eigenvalue weighted by Crippen LogP contribution is 2.49. The van der Waals surface area contributed by atoms with E-state index in [2.05, 4.69) is 11.8 Å². The van der Waals surface area contributed by atoms with Gasteiger partial charge in [-0.1, -0.05) is 19.3 Å². The summed E-state index contributed by atoms with van der Waals surface area (Å²) in [6, 6.07) is 0.417. The van der Waals surface area contributed by atoms with E-state index in [1.54, 1.807) is 0 Å². The van der Waals surface area contributed by atoms with E-state index in [9.17, 15) is 4.79 Å². The largest absolute Gasteiger partial charge is 0.340 e. The highest BCUT2D eigenvalue weighted by atomic mass is 16.2. The predicted octanol–water partition coefficient (Wildman–Crippen LogP) is 3.18. The minimum Gasteiger partial charge on any atom is -0.340 e. The molecule has 1 amide bonds. The normalized spacial score (nSPS) is 38.7. The second-order valence-electron chi connectivity index (χ2n) is 7.67. The van der Waals surface area contributed by atoms with Crippen LogP contribution in [0.25, 0.3) is 0 Å². The third-order valence-electron chi connectivity index (χ3n) is 6.55. The number of amides is 1. The van der Waals surface area contributed by atoms with E-state index in [0.29, 0.717) is 23.8 Å². The molecule has 3 saturated carbocycles. The smallest absolute Gasteiger partial charge is 0.223 e. The fourth-order valence-electron chi connectivity index (χ4n) is 5.44. The van der Waals surface area contributed by atoms with Crippen LogP contribution in [0.5, 0.6) is 0 Å². The van der Waals surface area contributed by atoms with Crippen LogP contribution in [0, 0.1) is 23.7 Å². The summed E-state index contributed by atoms with van der Waals surface area (Å²) in [4.78, 5) is 15.0. The molecule has 0 radical (unpaired) electrons. The van der Waals surface area contributed by atoms with Crippen molar-refractivity contribution in [2.75, 3.05) is 13.1 Å². The van der Waals surface area contributed by atoms with Crippen LogP contribution in [0.2, 0.25) is 0 Å². The summed E-state index contributed by atoms with van der Waals surface area (Å²) >= 11 is 0. The lowest BCUT2D eigenvalue weighted by Crippen LogP contribution is -2.48. The van der Waals surface area contributed by atoms with Crippen molar-refractivity contribution in [2.24, 2.45) is 29.4 Å². The first-order valence-corrected chi connectivity index (χ1v) is 9.22. The fraction of sp³-hybridized carbons (Fsp3) is 0.944. The predicted molar refractivity (Wildman–Crippen MR) is 85.7 cm³/mol. The Hall–Kier alpha value is -0.570. The summed E-state index contributed by atoms with van der Waals surface area (Å²) in [5.74, 6) is 3.43. The van der Waals surface area contributed by atoms with Crippen LogP contribution in [0.3, 0.4) is 0 Å². The third-order valence-corrected chi connectivity index (χ3v) is 6.55. The summed E-state index contributed by atoms with van der Waals surface area (Å²) < 4.78 is 0. The van der Waals surface area contributed by atoms with Gasteiger partial charge in [0.05, 0.1) is 0 Å². The van der Waals surface area contributed by atoms with E-state index in [1.807, 2.05) is 0 Å². The van der Waals surface area contributed by atoms with Crippen LogP contribution >= 0.6 is 0 Å². The minimum absolute atomic E-state index is 0.417. The molecule has 120 valence electrons.